The van der Waals surface area contributed by atoms with Crippen molar-refractivity contribution in [3.63, 3.8) is 0 Å². The smallest absolute Gasteiger partial charge is 0.276 e. The lowest BCUT2D eigenvalue weighted by Gasteiger charge is -2.09. The molecule has 0 fully saturated rings. The molecule has 1 aromatic carbocycles. The van der Waals surface area contributed by atoms with E-state index in [0.717, 1.165) is 6.20 Å². The lowest BCUT2D eigenvalue weighted by Crippen LogP contribution is -2.18. The van der Waals surface area contributed by atoms with Gasteiger partial charge in [-0.3, -0.25) is 4.79 Å². The summed E-state index contributed by atoms with van der Waals surface area (Å²) < 4.78 is 23.6. The van der Waals surface area contributed by atoms with E-state index in [1.54, 1.807) is 0 Å². The second kappa shape index (κ2) is 7.00. The Bertz CT molecular complexity index is 872. The zero-order chi connectivity index (χ0) is 17.2. The molecule has 1 aromatic heterocycles. The molecule has 10 heteroatoms. The quantitative estimate of drug-likeness (QED) is 0.802. The third kappa shape index (κ3) is 4.11. The Kier molecular flexibility index (Phi) is 5.46. The third-order valence-corrected chi connectivity index (χ3v) is 5.11. The van der Waals surface area contributed by atoms with Crippen LogP contribution in [0.3, 0.4) is 0 Å². The van der Waals surface area contributed by atoms with Crippen LogP contribution in [0.2, 0.25) is 15.1 Å². The van der Waals surface area contributed by atoms with Gasteiger partial charge in [0.25, 0.3) is 5.91 Å². The molecule has 1 N–H and O–H groups in total. The first-order valence-corrected chi connectivity index (χ1v) is 9.05. The van der Waals surface area contributed by atoms with Gasteiger partial charge < -0.3 is 5.32 Å². The van der Waals surface area contributed by atoms with E-state index in [4.69, 9.17) is 34.8 Å². The molecule has 1 heterocycles. The van der Waals surface area contributed by atoms with Crippen LogP contribution in [0.15, 0.2) is 29.6 Å². The molecular formula is C13H10Cl3N3O3S. The van der Waals surface area contributed by atoms with Gasteiger partial charge in [0.1, 0.15) is 0 Å². The van der Waals surface area contributed by atoms with E-state index in [9.17, 15) is 13.2 Å². The van der Waals surface area contributed by atoms with Gasteiger partial charge in [-0.05, 0) is 18.2 Å². The Morgan fingerprint density at radius 2 is 1.91 bits per heavy atom. The summed E-state index contributed by atoms with van der Waals surface area (Å²) in [6.07, 6.45) is 1.06. The van der Waals surface area contributed by atoms with Crippen LogP contribution in [-0.2, 0) is 9.84 Å². The summed E-state index contributed by atoms with van der Waals surface area (Å²) >= 11 is 17.6. The molecule has 0 aliphatic heterocycles. The highest BCUT2D eigenvalue weighted by Crippen LogP contribution is 2.26. The van der Waals surface area contributed by atoms with Gasteiger partial charge >= 0.3 is 0 Å². The highest BCUT2D eigenvalue weighted by molar-refractivity contribution is 7.91. The van der Waals surface area contributed by atoms with E-state index in [2.05, 4.69) is 15.3 Å². The number of aromatic nitrogens is 2. The molecule has 0 radical (unpaired) electrons. The SMILES string of the molecule is CCS(=O)(=O)c1ncc(Cl)c(C(=O)Nc2ccc(Cl)cc2Cl)n1. The molecule has 2 rings (SSSR count). The number of anilines is 1. The number of hydrogen-bond donors (Lipinski definition) is 1. The van der Waals surface area contributed by atoms with Crippen LogP contribution in [0.1, 0.15) is 17.4 Å². The van der Waals surface area contributed by atoms with E-state index in [1.165, 1.54) is 25.1 Å². The Morgan fingerprint density at radius 1 is 1.22 bits per heavy atom. The van der Waals surface area contributed by atoms with Crippen LogP contribution >= 0.6 is 34.8 Å². The third-order valence-electron chi connectivity index (χ3n) is 2.77. The Hall–Kier alpha value is -1.41. The molecule has 0 unspecified atom stereocenters. The van der Waals surface area contributed by atoms with E-state index in [0.29, 0.717) is 5.02 Å². The normalized spacial score (nSPS) is 11.3. The van der Waals surface area contributed by atoms with Gasteiger partial charge in [-0.1, -0.05) is 41.7 Å². The van der Waals surface area contributed by atoms with Crippen molar-refractivity contribution < 1.29 is 13.2 Å². The molecule has 0 saturated heterocycles. The van der Waals surface area contributed by atoms with E-state index in [1.807, 2.05) is 0 Å². The summed E-state index contributed by atoms with van der Waals surface area (Å²) in [6.45, 7) is 1.44. The van der Waals surface area contributed by atoms with Crippen LogP contribution in [0.5, 0.6) is 0 Å². The van der Waals surface area contributed by atoms with E-state index >= 15 is 0 Å². The molecule has 6 nitrogen and oxygen atoms in total. The highest BCUT2D eigenvalue weighted by atomic mass is 35.5. The van der Waals surface area contributed by atoms with Crippen molar-refractivity contribution in [3.8, 4) is 0 Å². The Morgan fingerprint density at radius 3 is 2.52 bits per heavy atom. The first-order valence-electron chi connectivity index (χ1n) is 6.26. The summed E-state index contributed by atoms with van der Waals surface area (Å²) in [5.41, 5.74) is 0.0235. The largest absolute Gasteiger partial charge is 0.319 e. The summed E-state index contributed by atoms with van der Waals surface area (Å²) in [4.78, 5) is 19.7. The van der Waals surface area contributed by atoms with Crippen LogP contribution in [0, 0.1) is 0 Å². The van der Waals surface area contributed by atoms with Crippen molar-refractivity contribution >= 4 is 56.2 Å². The van der Waals surface area contributed by atoms with Gasteiger partial charge in [0.05, 0.1) is 27.7 Å². The standard InChI is InChI=1S/C13H10Cl3N3O3S/c1-2-23(21,22)13-17-6-9(16)11(19-13)12(20)18-10-4-3-7(14)5-8(10)15/h3-6H,2H2,1H3,(H,18,20). The summed E-state index contributed by atoms with van der Waals surface area (Å²) in [6, 6.07) is 4.49. The summed E-state index contributed by atoms with van der Waals surface area (Å²) in [7, 11) is -3.66. The van der Waals surface area contributed by atoms with Crippen molar-refractivity contribution in [2.75, 3.05) is 11.1 Å². The van der Waals surface area contributed by atoms with E-state index in [-0.39, 0.29) is 27.2 Å². The zero-order valence-electron chi connectivity index (χ0n) is 11.7. The fraction of sp³-hybridized carbons (Fsp3) is 0.154. The minimum Gasteiger partial charge on any atom is -0.319 e. The Labute approximate surface area is 147 Å². The second-order valence-corrected chi connectivity index (χ2v) is 7.75. The predicted molar refractivity (Wildman–Crippen MR) is 89.2 cm³/mol. The number of carbonyl (C=O) groups is 1. The number of rotatable bonds is 4. The van der Waals surface area contributed by atoms with Crippen LogP contribution in [0.25, 0.3) is 0 Å². The lowest BCUT2D eigenvalue weighted by molar-refractivity contribution is 0.102. The molecule has 0 atom stereocenters. The number of benzene rings is 1. The topological polar surface area (TPSA) is 89.0 Å². The number of amides is 1. The van der Waals surface area contributed by atoms with Gasteiger partial charge in [-0.15, -0.1) is 0 Å². The van der Waals surface area contributed by atoms with Gasteiger partial charge in [-0.2, -0.15) is 0 Å². The molecule has 122 valence electrons. The lowest BCUT2D eigenvalue weighted by atomic mass is 10.3. The van der Waals surface area contributed by atoms with Crippen molar-refractivity contribution in [1.82, 2.24) is 9.97 Å². The van der Waals surface area contributed by atoms with Gasteiger partial charge in [0, 0.05) is 5.02 Å². The maximum atomic E-state index is 12.3. The maximum absolute atomic E-state index is 12.3. The molecule has 0 aliphatic carbocycles. The molecule has 0 aliphatic rings. The summed E-state index contributed by atoms with van der Waals surface area (Å²) in [5.74, 6) is -0.909. The molecular weight excluding hydrogens is 385 g/mol. The molecule has 2 aromatic rings. The van der Waals surface area contributed by atoms with Gasteiger partial charge in [0.2, 0.25) is 15.0 Å². The van der Waals surface area contributed by atoms with Crippen molar-refractivity contribution in [3.05, 3.63) is 45.2 Å². The first-order chi connectivity index (χ1) is 10.7. The fourth-order valence-corrected chi connectivity index (χ4v) is 2.90. The number of nitrogens with zero attached hydrogens (tertiary/aromatic N) is 2. The Balaban J connectivity index is 2.37. The fourth-order valence-electron chi connectivity index (χ4n) is 1.56. The number of carbonyl (C=O) groups excluding carboxylic acids is 1. The maximum Gasteiger partial charge on any atom is 0.276 e. The highest BCUT2D eigenvalue weighted by Gasteiger charge is 2.21. The molecule has 1 amide bonds. The number of hydrogen-bond acceptors (Lipinski definition) is 5. The molecule has 23 heavy (non-hydrogen) atoms. The minimum atomic E-state index is -3.66. The van der Waals surface area contributed by atoms with Crippen LogP contribution in [0.4, 0.5) is 5.69 Å². The van der Waals surface area contributed by atoms with Gasteiger partial charge in [0.15, 0.2) is 5.69 Å². The average Bonchev–Trinajstić information content (AvgIpc) is 2.50. The average molecular weight is 395 g/mol. The molecule has 0 spiro atoms. The first kappa shape index (κ1) is 17.9. The van der Waals surface area contributed by atoms with E-state index < -0.39 is 20.9 Å². The van der Waals surface area contributed by atoms with Crippen LogP contribution < -0.4 is 5.32 Å². The number of sulfone groups is 1. The predicted octanol–water partition coefficient (Wildman–Crippen LogP) is 3.48. The molecule has 0 bridgehead atoms. The summed E-state index contributed by atoms with van der Waals surface area (Å²) in [5, 5.41) is 2.58. The molecule has 0 saturated carbocycles. The van der Waals surface area contributed by atoms with Crippen molar-refractivity contribution in [1.29, 1.82) is 0 Å². The van der Waals surface area contributed by atoms with Crippen molar-refractivity contribution in [2.24, 2.45) is 0 Å². The number of halogens is 3. The van der Waals surface area contributed by atoms with Gasteiger partial charge in [-0.25, -0.2) is 18.4 Å². The van der Waals surface area contributed by atoms with Crippen molar-refractivity contribution in [2.45, 2.75) is 12.1 Å². The monoisotopic (exact) mass is 393 g/mol. The minimum absolute atomic E-state index is 0.0809. The number of nitrogens with one attached hydrogen (secondary N) is 1. The zero-order valence-corrected chi connectivity index (χ0v) is 14.8. The van der Waals surface area contributed by atoms with Crippen LogP contribution in [-0.4, -0.2) is 30.0 Å². The second-order valence-electron chi connectivity index (χ2n) is 4.33.